The summed E-state index contributed by atoms with van der Waals surface area (Å²) in [5, 5.41) is 12.3. The number of aliphatic hydroxyl groups excluding tert-OH is 1. The van der Waals surface area contributed by atoms with Crippen LogP contribution >= 0.6 is 11.6 Å². The maximum atomic E-state index is 11.9. The van der Waals surface area contributed by atoms with E-state index in [4.69, 9.17) is 16.7 Å². The van der Waals surface area contributed by atoms with Crippen molar-refractivity contribution >= 4 is 17.5 Å². The van der Waals surface area contributed by atoms with Gasteiger partial charge in [0.15, 0.2) is 0 Å². The molecule has 1 rings (SSSR count). The maximum Gasteiger partial charge on any atom is 0.251 e. The molecule has 0 aromatic heterocycles. The number of amides is 1. The van der Waals surface area contributed by atoms with Gasteiger partial charge in [-0.25, -0.2) is 0 Å². The monoisotopic (exact) mass is 241 g/mol. The van der Waals surface area contributed by atoms with Gasteiger partial charge in [-0.05, 0) is 31.0 Å². The number of halogens is 1. The van der Waals surface area contributed by atoms with Crippen molar-refractivity contribution in [2.75, 3.05) is 6.61 Å². The fraction of sp³-hybridized carbons (Fsp3) is 0.417. The standard InChI is InChI=1S/C12H16ClNO2/c1-3-10(7-15)14-12(16)11-6-9(13)5-4-8(11)2/h4-6,10,15H,3,7H2,1-2H3,(H,14,16)/t10-/m1/s1. The predicted molar refractivity (Wildman–Crippen MR) is 64.8 cm³/mol. The SMILES string of the molecule is CC[C@H](CO)NC(=O)c1cc(Cl)ccc1C. The van der Waals surface area contributed by atoms with Crippen LogP contribution in [0.1, 0.15) is 29.3 Å². The van der Waals surface area contributed by atoms with E-state index in [0.717, 1.165) is 5.56 Å². The third kappa shape index (κ3) is 3.22. The lowest BCUT2D eigenvalue weighted by Crippen LogP contribution is -2.37. The molecule has 4 heteroatoms. The summed E-state index contributed by atoms with van der Waals surface area (Å²) in [4.78, 5) is 11.9. The number of aryl methyl sites for hydroxylation is 1. The van der Waals surface area contributed by atoms with Crippen LogP contribution < -0.4 is 5.32 Å². The quantitative estimate of drug-likeness (QED) is 0.849. The van der Waals surface area contributed by atoms with Crippen LogP contribution in [0.3, 0.4) is 0 Å². The lowest BCUT2D eigenvalue weighted by atomic mass is 10.1. The van der Waals surface area contributed by atoms with E-state index in [2.05, 4.69) is 5.32 Å². The Morgan fingerprint density at radius 1 is 1.56 bits per heavy atom. The van der Waals surface area contributed by atoms with E-state index in [-0.39, 0.29) is 18.6 Å². The highest BCUT2D eigenvalue weighted by molar-refractivity contribution is 6.31. The van der Waals surface area contributed by atoms with Crippen molar-refractivity contribution in [1.29, 1.82) is 0 Å². The molecule has 1 atom stereocenters. The summed E-state index contributed by atoms with van der Waals surface area (Å²) >= 11 is 5.84. The molecule has 0 saturated heterocycles. The van der Waals surface area contributed by atoms with Crippen LogP contribution in [0.5, 0.6) is 0 Å². The van der Waals surface area contributed by atoms with Crippen molar-refractivity contribution in [3.05, 3.63) is 34.3 Å². The molecule has 0 aliphatic carbocycles. The van der Waals surface area contributed by atoms with Crippen molar-refractivity contribution < 1.29 is 9.90 Å². The summed E-state index contributed by atoms with van der Waals surface area (Å²) in [5.41, 5.74) is 1.43. The van der Waals surface area contributed by atoms with Crippen LogP contribution in [0, 0.1) is 6.92 Å². The smallest absolute Gasteiger partial charge is 0.251 e. The molecule has 0 bridgehead atoms. The Balaban J connectivity index is 2.83. The molecule has 0 unspecified atom stereocenters. The average Bonchev–Trinajstić information content (AvgIpc) is 2.28. The van der Waals surface area contributed by atoms with E-state index in [1.54, 1.807) is 18.2 Å². The molecule has 0 heterocycles. The fourth-order valence-corrected chi connectivity index (χ4v) is 1.55. The highest BCUT2D eigenvalue weighted by Gasteiger charge is 2.13. The van der Waals surface area contributed by atoms with Gasteiger partial charge in [0, 0.05) is 10.6 Å². The molecule has 0 saturated carbocycles. The molecule has 0 aliphatic rings. The van der Waals surface area contributed by atoms with Gasteiger partial charge in [-0.15, -0.1) is 0 Å². The summed E-state index contributed by atoms with van der Waals surface area (Å²) < 4.78 is 0. The summed E-state index contributed by atoms with van der Waals surface area (Å²) in [5.74, 6) is -0.194. The number of carbonyl (C=O) groups is 1. The first-order chi connectivity index (χ1) is 7.58. The Kier molecular flexibility index (Phi) is 4.77. The highest BCUT2D eigenvalue weighted by atomic mass is 35.5. The molecule has 0 spiro atoms. The van der Waals surface area contributed by atoms with Gasteiger partial charge in [0.1, 0.15) is 0 Å². The zero-order valence-corrected chi connectivity index (χ0v) is 10.2. The summed E-state index contributed by atoms with van der Waals surface area (Å²) in [6.45, 7) is 3.71. The van der Waals surface area contributed by atoms with Crippen LogP contribution in [-0.4, -0.2) is 23.7 Å². The van der Waals surface area contributed by atoms with Gasteiger partial charge in [0.25, 0.3) is 5.91 Å². The summed E-state index contributed by atoms with van der Waals surface area (Å²) in [6, 6.07) is 4.98. The molecular formula is C12H16ClNO2. The number of hydrogen-bond donors (Lipinski definition) is 2. The number of carbonyl (C=O) groups excluding carboxylic acids is 1. The molecular weight excluding hydrogens is 226 g/mol. The fourth-order valence-electron chi connectivity index (χ4n) is 1.38. The van der Waals surface area contributed by atoms with Gasteiger partial charge in [-0.2, -0.15) is 0 Å². The Morgan fingerprint density at radius 3 is 2.81 bits per heavy atom. The van der Waals surface area contributed by atoms with Gasteiger partial charge in [-0.1, -0.05) is 24.6 Å². The maximum absolute atomic E-state index is 11.9. The number of aliphatic hydroxyl groups is 1. The number of hydrogen-bond acceptors (Lipinski definition) is 2. The minimum absolute atomic E-state index is 0.0537. The largest absolute Gasteiger partial charge is 0.394 e. The summed E-state index contributed by atoms with van der Waals surface area (Å²) in [6.07, 6.45) is 0.696. The Morgan fingerprint density at radius 2 is 2.25 bits per heavy atom. The molecule has 3 nitrogen and oxygen atoms in total. The molecule has 16 heavy (non-hydrogen) atoms. The molecule has 0 fully saturated rings. The molecule has 2 N–H and O–H groups in total. The lowest BCUT2D eigenvalue weighted by molar-refractivity contribution is 0.0914. The van der Waals surface area contributed by atoms with Gasteiger partial charge < -0.3 is 10.4 Å². The number of benzene rings is 1. The highest BCUT2D eigenvalue weighted by Crippen LogP contribution is 2.15. The van der Waals surface area contributed by atoms with Gasteiger partial charge in [-0.3, -0.25) is 4.79 Å². The van der Waals surface area contributed by atoms with Crippen LogP contribution in [-0.2, 0) is 0 Å². The minimum Gasteiger partial charge on any atom is -0.394 e. The molecule has 0 aliphatic heterocycles. The van der Waals surface area contributed by atoms with E-state index in [1.807, 2.05) is 13.8 Å². The Bertz CT molecular complexity index is 375. The second kappa shape index (κ2) is 5.87. The van der Waals surface area contributed by atoms with Crippen molar-refractivity contribution in [3.8, 4) is 0 Å². The molecule has 88 valence electrons. The first-order valence-corrected chi connectivity index (χ1v) is 5.64. The van der Waals surface area contributed by atoms with Crippen molar-refractivity contribution in [1.82, 2.24) is 5.32 Å². The van der Waals surface area contributed by atoms with Crippen LogP contribution in [0.4, 0.5) is 0 Å². The van der Waals surface area contributed by atoms with Crippen LogP contribution in [0.2, 0.25) is 5.02 Å². The van der Waals surface area contributed by atoms with E-state index in [0.29, 0.717) is 17.0 Å². The molecule has 1 amide bonds. The lowest BCUT2D eigenvalue weighted by Gasteiger charge is -2.15. The average molecular weight is 242 g/mol. The van der Waals surface area contributed by atoms with E-state index < -0.39 is 0 Å². The van der Waals surface area contributed by atoms with Crippen LogP contribution in [0.25, 0.3) is 0 Å². The predicted octanol–water partition coefficient (Wildman–Crippen LogP) is 2.15. The second-order valence-corrected chi connectivity index (χ2v) is 4.16. The van der Waals surface area contributed by atoms with Gasteiger partial charge in [0.05, 0.1) is 12.6 Å². The first kappa shape index (κ1) is 13.0. The Hall–Kier alpha value is -1.06. The van der Waals surface area contributed by atoms with Crippen molar-refractivity contribution in [2.45, 2.75) is 26.3 Å². The Labute approximate surface area is 100 Å². The zero-order valence-electron chi connectivity index (χ0n) is 9.46. The van der Waals surface area contributed by atoms with Crippen LogP contribution in [0.15, 0.2) is 18.2 Å². The topological polar surface area (TPSA) is 49.3 Å². The van der Waals surface area contributed by atoms with Crippen molar-refractivity contribution in [3.63, 3.8) is 0 Å². The van der Waals surface area contributed by atoms with Gasteiger partial charge >= 0.3 is 0 Å². The third-order valence-electron chi connectivity index (χ3n) is 2.49. The molecule has 0 radical (unpaired) electrons. The number of nitrogens with one attached hydrogen (secondary N) is 1. The van der Waals surface area contributed by atoms with Crippen molar-refractivity contribution in [2.24, 2.45) is 0 Å². The minimum atomic E-state index is -0.203. The normalized spacial score (nSPS) is 12.2. The second-order valence-electron chi connectivity index (χ2n) is 3.72. The summed E-state index contributed by atoms with van der Waals surface area (Å²) in [7, 11) is 0. The molecule has 1 aromatic carbocycles. The zero-order chi connectivity index (χ0) is 12.1. The molecule has 1 aromatic rings. The third-order valence-corrected chi connectivity index (χ3v) is 2.73. The van der Waals surface area contributed by atoms with E-state index in [9.17, 15) is 4.79 Å². The van der Waals surface area contributed by atoms with E-state index in [1.165, 1.54) is 0 Å². The first-order valence-electron chi connectivity index (χ1n) is 5.26. The number of rotatable bonds is 4. The van der Waals surface area contributed by atoms with Gasteiger partial charge in [0.2, 0.25) is 0 Å². The van der Waals surface area contributed by atoms with E-state index >= 15 is 0 Å².